The number of piperidine rings is 3. The molecule has 4 aliphatic heterocycles. The predicted octanol–water partition coefficient (Wildman–Crippen LogP) is 3.62. The molecule has 0 aliphatic carbocycles. The van der Waals surface area contributed by atoms with E-state index >= 15 is 0 Å². The van der Waals surface area contributed by atoms with Crippen LogP contribution in [0.3, 0.4) is 0 Å². The van der Waals surface area contributed by atoms with Crippen molar-refractivity contribution in [1.29, 1.82) is 0 Å². The van der Waals surface area contributed by atoms with Crippen LogP contribution >= 0.6 is 0 Å². The first-order valence-corrected chi connectivity index (χ1v) is 9.66. The minimum absolute atomic E-state index is 0.0184. The summed E-state index contributed by atoms with van der Waals surface area (Å²) in [5.41, 5.74) is 3.45. The number of halogens is 1. The summed E-state index contributed by atoms with van der Waals surface area (Å²) in [6, 6.07) is 12.0. The van der Waals surface area contributed by atoms with E-state index in [0.29, 0.717) is 5.92 Å². The van der Waals surface area contributed by atoms with Gasteiger partial charge in [-0.25, -0.2) is 9.18 Å². The standard InChI is InChI=1S/C22H23FN2O2/c1-24-19-7-6-15(23)12-18(19)16-4-2-3-5-17(16)21(24)22(26)27-20-13-25-10-8-14(20)9-11-25/h2-7,12,14,20-21H,8-11,13H2,1H3/t20-,21?/m0/s1. The number of fused-ring (bicyclic) bond motifs is 6. The molecule has 5 heteroatoms. The van der Waals surface area contributed by atoms with Crippen LogP contribution in [-0.2, 0) is 9.53 Å². The van der Waals surface area contributed by atoms with Gasteiger partial charge in [-0.05, 0) is 61.2 Å². The molecule has 4 aliphatic rings. The Labute approximate surface area is 158 Å². The van der Waals surface area contributed by atoms with Crippen molar-refractivity contribution in [3.63, 3.8) is 0 Å². The number of carbonyl (C=O) groups excluding carboxylic acids is 1. The zero-order valence-corrected chi connectivity index (χ0v) is 15.4. The molecular weight excluding hydrogens is 343 g/mol. The van der Waals surface area contributed by atoms with Crippen LogP contribution < -0.4 is 4.90 Å². The number of benzene rings is 2. The fourth-order valence-electron chi connectivity index (χ4n) is 4.90. The normalized spacial score (nSPS) is 28.4. The second-order valence-electron chi connectivity index (χ2n) is 7.88. The molecule has 0 radical (unpaired) electrons. The zero-order chi connectivity index (χ0) is 18.5. The minimum Gasteiger partial charge on any atom is -0.459 e. The van der Waals surface area contributed by atoms with Crippen molar-refractivity contribution in [1.82, 2.24) is 4.90 Å². The molecule has 6 rings (SSSR count). The molecule has 0 amide bonds. The second-order valence-corrected chi connectivity index (χ2v) is 7.88. The molecule has 2 aromatic carbocycles. The molecule has 2 aromatic rings. The molecule has 140 valence electrons. The molecule has 2 atom stereocenters. The molecule has 1 unspecified atom stereocenters. The maximum atomic E-state index is 13.9. The highest BCUT2D eigenvalue weighted by Crippen LogP contribution is 2.45. The van der Waals surface area contributed by atoms with E-state index in [1.165, 1.54) is 6.07 Å². The van der Waals surface area contributed by atoms with E-state index in [2.05, 4.69) is 4.90 Å². The van der Waals surface area contributed by atoms with E-state index < -0.39 is 6.04 Å². The van der Waals surface area contributed by atoms with Crippen molar-refractivity contribution in [2.45, 2.75) is 25.0 Å². The van der Waals surface area contributed by atoms with Crippen LogP contribution in [0.2, 0.25) is 0 Å². The predicted molar refractivity (Wildman–Crippen MR) is 102 cm³/mol. The molecule has 0 N–H and O–H groups in total. The number of hydrogen-bond acceptors (Lipinski definition) is 4. The van der Waals surface area contributed by atoms with Crippen LogP contribution in [0.15, 0.2) is 42.5 Å². The largest absolute Gasteiger partial charge is 0.459 e. The fraction of sp³-hybridized carbons (Fsp3) is 0.409. The summed E-state index contributed by atoms with van der Waals surface area (Å²) in [5.74, 6) is -0.00610. The molecule has 27 heavy (non-hydrogen) atoms. The first kappa shape index (κ1) is 16.8. The lowest BCUT2D eigenvalue weighted by molar-refractivity contribution is -0.160. The summed E-state index contributed by atoms with van der Waals surface area (Å²) < 4.78 is 19.9. The lowest BCUT2D eigenvalue weighted by atomic mass is 9.85. The Hall–Kier alpha value is -2.40. The van der Waals surface area contributed by atoms with Gasteiger partial charge in [0, 0.05) is 24.8 Å². The number of likely N-dealkylation sites (N-methyl/N-ethyl adjacent to an activating group) is 1. The second kappa shape index (κ2) is 6.34. The van der Waals surface area contributed by atoms with Crippen molar-refractivity contribution < 1.29 is 13.9 Å². The van der Waals surface area contributed by atoms with Crippen LogP contribution in [0.1, 0.15) is 24.4 Å². The van der Waals surface area contributed by atoms with E-state index in [9.17, 15) is 9.18 Å². The number of hydrogen-bond donors (Lipinski definition) is 0. The minimum atomic E-state index is -0.505. The number of anilines is 1. The van der Waals surface area contributed by atoms with E-state index in [1.807, 2.05) is 36.2 Å². The SMILES string of the molecule is CN1c2ccc(F)cc2-c2ccccc2C1C(=O)O[C@H]1CN2CCC1CC2. The van der Waals surface area contributed by atoms with Gasteiger partial charge in [0.05, 0.1) is 0 Å². The van der Waals surface area contributed by atoms with Gasteiger partial charge in [0.25, 0.3) is 0 Å². The van der Waals surface area contributed by atoms with Gasteiger partial charge in [0.2, 0.25) is 0 Å². The average molecular weight is 366 g/mol. The Morgan fingerprint density at radius 1 is 1.11 bits per heavy atom. The summed E-state index contributed by atoms with van der Waals surface area (Å²) in [6.07, 6.45) is 2.20. The summed E-state index contributed by atoms with van der Waals surface area (Å²) >= 11 is 0. The third kappa shape index (κ3) is 2.72. The van der Waals surface area contributed by atoms with E-state index in [-0.39, 0.29) is 17.9 Å². The van der Waals surface area contributed by atoms with Crippen LogP contribution in [0.5, 0.6) is 0 Å². The summed E-state index contributed by atoms with van der Waals surface area (Å²) in [4.78, 5) is 17.5. The van der Waals surface area contributed by atoms with Crippen LogP contribution in [0.4, 0.5) is 10.1 Å². The van der Waals surface area contributed by atoms with Crippen LogP contribution in [0, 0.1) is 11.7 Å². The van der Waals surface area contributed by atoms with Gasteiger partial charge >= 0.3 is 5.97 Å². The fourth-order valence-corrected chi connectivity index (χ4v) is 4.90. The smallest absolute Gasteiger partial charge is 0.333 e. The highest BCUT2D eigenvalue weighted by Gasteiger charge is 2.40. The first-order valence-electron chi connectivity index (χ1n) is 9.66. The Balaban J connectivity index is 1.49. The molecule has 4 nitrogen and oxygen atoms in total. The monoisotopic (exact) mass is 366 g/mol. The maximum absolute atomic E-state index is 13.9. The van der Waals surface area contributed by atoms with Gasteiger partial charge in [-0.3, -0.25) is 4.90 Å². The van der Waals surface area contributed by atoms with Gasteiger partial charge in [-0.1, -0.05) is 24.3 Å². The van der Waals surface area contributed by atoms with Crippen molar-refractivity contribution in [2.24, 2.45) is 5.92 Å². The van der Waals surface area contributed by atoms with E-state index in [4.69, 9.17) is 4.74 Å². The Morgan fingerprint density at radius 2 is 1.89 bits per heavy atom. The highest BCUT2D eigenvalue weighted by molar-refractivity contribution is 5.93. The lowest BCUT2D eigenvalue weighted by Crippen LogP contribution is -2.52. The number of carbonyl (C=O) groups is 1. The Morgan fingerprint density at radius 3 is 2.63 bits per heavy atom. The van der Waals surface area contributed by atoms with Crippen molar-refractivity contribution in [2.75, 3.05) is 31.6 Å². The first-order chi connectivity index (χ1) is 13.1. The van der Waals surface area contributed by atoms with Gasteiger partial charge in [0.15, 0.2) is 6.04 Å². The lowest BCUT2D eigenvalue weighted by Gasteiger charge is -2.45. The van der Waals surface area contributed by atoms with E-state index in [0.717, 1.165) is 54.9 Å². The third-order valence-corrected chi connectivity index (χ3v) is 6.36. The number of rotatable bonds is 2. The van der Waals surface area contributed by atoms with Crippen LogP contribution in [-0.4, -0.2) is 43.7 Å². The molecular formula is C22H23FN2O2. The zero-order valence-electron chi connectivity index (χ0n) is 15.4. The Bertz CT molecular complexity index is 892. The summed E-state index contributed by atoms with van der Waals surface area (Å²) in [5, 5.41) is 0. The molecule has 0 aromatic heterocycles. The van der Waals surface area contributed by atoms with E-state index in [1.54, 1.807) is 12.1 Å². The average Bonchev–Trinajstić information content (AvgIpc) is 2.69. The topological polar surface area (TPSA) is 32.8 Å². The Kier molecular flexibility index (Phi) is 3.93. The van der Waals surface area contributed by atoms with Gasteiger partial charge in [0.1, 0.15) is 11.9 Å². The van der Waals surface area contributed by atoms with Gasteiger partial charge in [-0.15, -0.1) is 0 Å². The molecule has 4 heterocycles. The number of ether oxygens (including phenoxy) is 1. The van der Waals surface area contributed by atoms with Crippen molar-refractivity contribution in [3.05, 3.63) is 53.8 Å². The molecule has 0 saturated carbocycles. The summed E-state index contributed by atoms with van der Waals surface area (Å²) in [7, 11) is 1.88. The summed E-state index contributed by atoms with van der Waals surface area (Å²) in [6.45, 7) is 3.07. The highest BCUT2D eigenvalue weighted by atomic mass is 19.1. The van der Waals surface area contributed by atoms with Gasteiger partial charge in [-0.2, -0.15) is 0 Å². The van der Waals surface area contributed by atoms with Crippen molar-refractivity contribution >= 4 is 11.7 Å². The van der Waals surface area contributed by atoms with Crippen LogP contribution in [0.25, 0.3) is 11.1 Å². The quantitative estimate of drug-likeness (QED) is 0.760. The van der Waals surface area contributed by atoms with Crippen molar-refractivity contribution in [3.8, 4) is 11.1 Å². The maximum Gasteiger partial charge on any atom is 0.333 e. The molecule has 0 spiro atoms. The number of esters is 1. The molecule has 2 bridgehead atoms. The van der Waals surface area contributed by atoms with Gasteiger partial charge < -0.3 is 9.64 Å². The molecule has 3 saturated heterocycles. The number of nitrogens with zero attached hydrogens (tertiary/aromatic N) is 2. The molecule has 3 fully saturated rings. The third-order valence-electron chi connectivity index (χ3n) is 6.36.